The topological polar surface area (TPSA) is 29.3 Å². The molecule has 1 saturated heterocycles. The van der Waals surface area contributed by atoms with Crippen LogP contribution in [0.5, 0.6) is 0 Å². The highest BCUT2D eigenvalue weighted by atomic mass is 15.1. The van der Waals surface area contributed by atoms with Gasteiger partial charge in [0.2, 0.25) is 0 Å². The maximum Gasteiger partial charge on any atom is 0.0397 e. The summed E-state index contributed by atoms with van der Waals surface area (Å²) in [5.41, 5.74) is 9.95. The molecule has 2 nitrogen and oxygen atoms in total. The fourth-order valence-corrected chi connectivity index (χ4v) is 3.21. The van der Waals surface area contributed by atoms with Gasteiger partial charge >= 0.3 is 0 Å². The highest BCUT2D eigenvalue weighted by molar-refractivity contribution is 5.59. The number of nitrogens with two attached hydrogens (primary N) is 1. The Morgan fingerprint density at radius 2 is 1.78 bits per heavy atom. The van der Waals surface area contributed by atoms with Gasteiger partial charge < -0.3 is 10.6 Å². The largest absolute Gasteiger partial charge is 0.399 e. The number of rotatable bonds is 3. The monoisotopic (exact) mass is 246 g/mol. The lowest BCUT2D eigenvalue weighted by Crippen LogP contribution is -2.39. The third-order valence-electron chi connectivity index (χ3n) is 4.89. The minimum absolute atomic E-state index is 0.595. The summed E-state index contributed by atoms with van der Waals surface area (Å²) in [4.78, 5) is 2.53. The van der Waals surface area contributed by atoms with Gasteiger partial charge in [0.05, 0.1) is 0 Å². The third-order valence-corrected chi connectivity index (χ3v) is 4.89. The Morgan fingerprint density at radius 3 is 2.28 bits per heavy atom. The van der Waals surface area contributed by atoms with Crippen LogP contribution in [0.4, 0.5) is 11.4 Å². The molecule has 18 heavy (non-hydrogen) atoms. The normalized spacial score (nSPS) is 18.9. The zero-order chi connectivity index (χ0) is 13.2. The Morgan fingerprint density at radius 1 is 1.17 bits per heavy atom. The Bertz CT molecular complexity index is 398. The number of benzene rings is 1. The molecule has 0 unspecified atom stereocenters. The maximum absolute atomic E-state index is 5.82. The van der Waals surface area contributed by atoms with E-state index >= 15 is 0 Å². The van der Waals surface area contributed by atoms with Gasteiger partial charge in [0.25, 0.3) is 0 Å². The van der Waals surface area contributed by atoms with Gasteiger partial charge in [0, 0.05) is 24.5 Å². The molecule has 0 saturated carbocycles. The smallest absolute Gasteiger partial charge is 0.0397 e. The van der Waals surface area contributed by atoms with Crippen LogP contribution in [0.2, 0.25) is 0 Å². The van der Waals surface area contributed by atoms with Gasteiger partial charge in [-0.3, -0.25) is 0 Å². The molecule has 0 amide bonds. The van der Waals surface area contributed by atoms with Crippen LogP contribution in [0.25, 0.3) is 0 Å². The minimum Gasteiger partial charge on any atom is -0.399 e. The van der Waals surface area contributed by atoms with Gasteiger partial charge in [-0.15, -0.1) is 0 Å². The van der Waals surface area contributed by atoms with Crippen molar-refractivity contribution < 1.29 is 0 Å². The van der Waals surface area contributed by atoms with Crippen LogP contribution in [0.15, 0.2) is 18.2 Å². The van der Waals surface area contributed by atoms with E-state index in [0.717, 1.165) is 5.69 Å². The second-order valence-corrected chi connectivity index (χ2v) is 5.74. The van der Waals surface area contributed by atoms with Gasteiger partial charge in [-0.05, 0) is 48.9 Å². The summed E-state index contributed by atoms with van der Waals surface area (Å²) in [6.07, 6.45) is 5.28. The Kier molecular flexibility index (Phi) is 3.84. The molecule has 1 heterocycles. The highest BCUT2D eigenvalue weighted by Gasteiger charge is 2.31. The van der Waals surface area contributed by atoms with Crippen molar-refractivity contribution in [2.45, 2.75) is 46.5 Å². The Hall–Kier alpha value is -1.18. The average Bonchev–Trinajstić information content (AvgIpc) is 2.39. The second kappa shape index (κ2) is 5.21. The molecule has 1 aliphatic rings. The summed E-state index contributed by atoms with van der Waals surface area (Å²) in [5, 5.41) is 0. The summed E-state index contributed by atoms with van der Waals surface area (Å²) in [6, 6.07) is 6.27. The molecule has 0 aliphatic carbocycles. The molecule has 0 spiro atoms. The molecule has 2 heteroatoms. The number of nitrogens with zero attached hydrogens (tertiary/aromatic N) is 1. The van der Waals surface area contributed by atoms with Crippen LogP contribution < -0.4 is 10.6 Å². The zero-order valence-corrected chi connectivity index (χ0v) is 12.0. The van der Waals surface area contributed by atoms with Crippen molar-refractivity contribution in [2.24, 2.45) is 5.41 Å². The van der Waals surface area contributed by atoms with Crippen LogP contribution in [-0.4, -0.2) is 13.1 Å². The number of hydrogen-bond acceptors (Lipinski definition) is 2. The van der Waals surface area contributed by atoms with E-state index in [2.05, 4.69) is 37.8 Å². The predicted octanol–water partition coefficient (Wildman–Crippen LogP) is 3.98. The van der Waals surface area contributed by atoms with Gasteiger partial charge in [0.1, 0.15) is 0 Å². The van der Waals surface area contributed by atoms with Crippen molar-refractivity contribution in [1.29, 1.82) is 0 Å². The summed E-state index contributed by atoms with van der Waals surface area (Å²) < 4.78 is 0. The number of piperidine rings is 1. The van der Waals surface area contributed by atoms with Crippen molar-refractivity contribution in [1.82, 2.24) is 0 Å². The van der Waals surface area contributed by atoms with Crippen LogP contribution >= 0.6 is 0 Å². The summed E-state index contributed by atoms with van der Waals surface area (Å²) >= 11 is 0. The van der Waals surface area contributed by atoms with Gasteiger partial charge in [-0.2, -0.15) is 0 Å². The highest BCUT2D eigenvalue weighted by Crippen LogP contribution is 2.39. The van der Waals surface area contributed by atoms with E-state index in [0.29, 0.717) is 5.41 Å². The third kappa shape index (κ3) is 2.47. The number of aryl methyl sites for hydroxylation is 1. The standard InChI is InChI=1S/C16H26N2/c1-4-16(5-2)8-10-18(11-9-16)15-7-6-14(17)12-13(15)3/h6-7,12H,4-5,8-11,17H2,1-3H3. The van der Waals surface area contributed by atoms with Crippen LogP contribution in [0.1, 0.15) is 45.1 Å². The van der Waals surface area contributed by atoms with Gasteiger partial charge in [0.15, 0.2) is 0 Å². The number of nitrogen functional groups attached to an aromatic ring is 1. The fraction of sp³-hybridized carbons (Fsp3) is 0.625. The number of anilines is 2. The van der Waals surface area contributed by atoms with E-state index in [1.54, 1.807) is 0 Å². The van der Waals surface area contributed by atoms with Crippen molar-refractivity contribution in [3.8, 4) is 0 Å². The molecule has 100 valence electrons. The predicted molar refractivity (Wildman–Crippen MR) is 80.1 cm³/mol. The van der Waals surface area contributed by atoms with E-state index in [4.69, 9.17) is 5.73 Å². The van der Waals surface area contributed by atoms with Crippen molar-refractivity contribution in [3.05, 3.63) is 23.8 Å². The Labute approximate surface area is 111 Å². The first kappa shape index (κ1) is 13.3. The molecule has 2 rings (SSSR count). The molecule has 0 aromatic heterocycles. The van der Waals surface area contributed by atoms with Crippen LogP contribution in [0, 0.1) is 12.3 Å². The van der Waals surface area contributed by atoms with E-state index in [1.807, 2.05) is 6.07 Å². The van der Waals surface area contributed by atoms with Crippen molar-refractivity contribution in [3.63, 3.8) is 0 Å². The molecular weight excluding hydrogens is 220 g/mol. The molecule has 1 fully saturated rings. The summed E-state index contributed by atoms with van der Waals surface area (Å²) in [5.74, 6) is 0. The quantitative estimate of drug-likeness (QED) is 0.817. The van der Waals surface area contributed by atoms with Crippen LogP contribution in [0.3, 0.4) is 0 Å². The lowest BCUT2D eigenvalue weighted by atomic mass is 9.74. The van der Waals surface area contributed by atoms with Gasteiger partial charge in [-0.1, -0.05) is 26.7 Å². The first-order valence-electron chi connectivity index (χ1n) is 7.21. The molecule has 0 bridgehead atoms. The van der Waals surface area contributed by atoms with E-state index in [9.17, 15) is 0 Å². The summed E-state index contributed by atoms with van der Waals surface area (Å²) in [7, 11) is 0. The molecule has 2 N–H and O–H groups in total. The lowest BCUT2D eigenvalue weighted by molar-refractivity contribution is 0.199. The molecule has 1 aromatic carbocycles. The van der Waals surface area contributed by atoms with Crippen molar-refractivity contribution >= 4 is 11.4 Å². The lowest BCUT2D eigenvalue weighted by Gasteiger charge is -2.42. The first-order chi connectivity index (χ1) is 8.60. The molecule has 0 radical (unpaired) electrons. The van der Waals surface area contributed by atoms with Crippen molar-refractivity contribution in [2.75, 3.05) is 23.7 Å². The van der Waals surface area contributed by atoms with E-state index in [1.165, 1.54) is 50.0 Å². The zero-order valence-electron chi connectivity index (χ0n) is 12.0. The average molecular weight is 246 g/mol. The molecule has 1 aromatic rings. The fourth-order valence-electron chi connectivity index (χ4n) is 3.21. The Balaban J connectivity index is 2.10. The van der Waals surface area contributed by atoms with Gasteiger partial charge in [-0.25, -0.2) is 0 Å². The maximum atomic E-state index is 5.82. The molecular formula is C16H26N2. The summed E-state index contributed by atoms with van der Waals surface area (Å²) in [6.45, 7) is 9.22. The van der Waals surface area contributed by atoms with E-state index < -0.39 is 0 Å². The minimum atomic E-state index is 0.595. The molecule has 1 aliphatic heterocycles. The number of hydrogen-bond donors (Lipinski definition) is 1. The first-order valence-corrected chi connectivity index (χ1v) is 7.21. The molecule has 0 atom stereocenters. The SMILES string of the molecule is CCC1(CC)CCN(c2ccc(N)cc2C)CC1. The van der Waals surface area contributed by atoms with Crippen LogP contribution in [-0.2, 0) is 0 Å². The second-order valence-electron chi connectivity index (χ2n) is 5.74. The van der Waals surface area contributed by atoms with E-state index in [-0.39, 0.29) is 0 Å².